The number of rotatable bonds is 5. The minimum atomic E-state index is -0.829. The Kier molecular flexibility index (Phi) is 3.69. The van der Waals surface area contributed by atoms with Crippen LogP contribution in [0.1, 0.15) is 39.5 Å². The molecule has 1 fully saturated rings. The molecule has 0 aromatic carbocycles. The van der Waals surface area contributed by atoms with Gasteiger partial charge in [-0.15, -0.1) is 0 Å². The lowest BCUT2D eigenvalue weighted by Crippen LogP contribution is -2.42. The van der Waals surface area contributed by atoms with Crippen molar-refractivity contribution >= 4 is 5.97 Å². The van der Waals surface area contributed by atoms with E-state index >= 15 is 0 Å². The Morgan fingerprint density at radius 2 is 2.29 bits per heavy atom. The zero-order valence-corrected chi connectivity index (χ0v) is 8.88. The molecule has 14 heavy (non-hydrogen) atoms. The monoisotopic (exact) mass is 198 g/mol. The van der Waals surface area contributed by atoms with E-state index in [2.05, 4.69) is 6.92 Å². The first-order chi connectivity index (χ1) is 6.59. The lowest BCUT2D eigenvalue weighted by atomic mass is 9.87. The van der Waals surface area contributed by atoms with Crippen molar-refractivity contribution in [3.8, 4) is 0 Å². The summed E-state index contributed by atoms with van der Waals surface area (Å²) < 4.78 is 5.53. The molecule has 0 aromatic rings. The van der Waals surface area contributed by atoms with E-state index in [0.717, 1.165) is 32.3 Å². The molecule has 1 aliphatic rings. The summed E-state index contributed by atoms with van der Waals surface area (Å²) in [4.78, 5) is 10.5. The van der Waals surface area contributed by atoms with E-state index in [4.69, 9.17) is 9.84 Å². The smallest absolute Gasteiger partial charge is 0.330 e. The molecule has 0 saturated carbocycles. The number of allylic oxidation sites excluding steroid dienone is 1. The second-order valence-electron chi connectivity index (χ2n) is 3.87. The van der Waals surface area contributed by atoms with Crippen LogP contribution in [0.25, 0.3) is 0 Å². The number of carboxylic acids is 1. The summed E-state index contributed by atoms with van der Waals surface area (Å²) in [6.07, 6.45) is 5.65. The van der Waals surface area contributed by atoms with Gasteiger partial charge in [-0.2, -0.15) is 0 Å². The summed E-state index contributed by atoms with van der Waals surface area (Å²) in [5.41, 5.74) is 0.477. The topological polar surface area (TPSA) is 46.5 Å². The third-order valence-electron chi connectivity index (χ3n) is 3.00. The van der Waals surface area contributed by atoms with Crippen LogP contribution in [0.2, 0.25) is 0 Å². The van der Waals surface area contributed by atoms with Crippen molar-refractivity contribution in [3.05, 3.63) is 11.6 Å². The standard InChI is InChI=1S/C11H18O3/c1-3-11(7-8-14-11)6-4-5-9(2)10(12)13/h5H,3-4,6-8H2,1-2H3,(H,12,13). The highest BCUT2D eigenvalue weighted by Crippen LogP contribution is 2.34. The largest absolute Gasteiger partial charge is 0.478 e. The fourth-order valence-corrected chi connectivity index (χ4v) is 1.68. The molecule has 80 valence electrons. The zero-order valence-electron chi connectivity index (χ0n) is 8.88. The zero-order chi connectivity index (χ0) is 10.6. The van der Waals surface area contributed by atoms with Crippen LogP contribution in [0.4, 0.5) is 0 Å². The van der Waals surface area contributed by atoms with E-state index in [1.165, 1.54) is 0 Å². The third kappa shape index (κ3) is 2.58. The molecular formula is C11H18O3. The van der Waals surface area contributed by atoms with Gasteiger partial charge >= 0.3 is 5.97 Å². The Morgan fingerprint density at radius 1 is 1.64 bits per heavy atom. The summed E-state index contributed by atoms with van der Waals surface area (Å²) in [6.45, 7) is 4.60. The maximum Gasteiger partial charge on any atom is 0.330 e. The van der Waals surface area contributed by atoms with Crippen molar-refractivity contribution in [1.29, 1.82) is 0 Å². The van der Waals surface area contributed by atoms with Crippen molar-refractivity contribution in [1.82, 2.24) is 0 Å². The van der Waals surface area contributed by atoms with E-state index in [-0.39, 0.29) is 5.60 Å². The molecule has 1 aliphatic heterocycles. The number of carbonyl (C=O) groups is 1. The molecule has 1 heterocycles. The molecule has 0 bridgehead atoms. The van der Waals surface area contributed by atoms with Crippen molar-refractivity contribution in [2.45, 2.75) is 45.1 Å². The molecule has 1 atom stereocenters. The van der Waals surface area contributed by atoms with Crippen LogP contribution < -0.4 is 0 Å². The van der Waals surface area contributed by atoms with Crippen LogP contribution in [0.5, 0.6) is 0 Å². The molecule has 0 spiro atoms. The van der Waals surface area contributed by atoms with Crippen molar-refractivity contribution in [2.24, 2.45) is 0 Å². The minimum absolute atomic E-state index is 0.0509. The number of hydrogen-bond acceptors (Lipinski definition) is 2. The van der Waals surface area contributed by atoms with Gasteiger partial charge in [-0.1, -0.05) is 13.0 Å². The van der Waals surface area contributed by atoms with E-state index in [0.29, 0.717) is 5.57 Å². The summed E-state index contributed by atoms with van der Waals surface area (Å²) in [6, 6.07) is 0. The molecule has 0 amide bonds. The minimum Gasteiger partial charge on any atom is -0.478 e. The number of ether oxygens (including phenoxy) is 1. The van der Waals surface area contributed by atoms with Gasteiger partial charge < -0.3 is 9.84 Å². The van der Waals surface area contributed by atoms with Crippen molar-refractivity contribution in [3.63, 3.8) is 0 Å². The highest BCUT2D eigenvalue weighted by Gasteiger charge is 2.35. The van der Waals surface area contributed by atoms with Gasteiger partial charge in [0.2, 0.25) is 0 Å². The summed E-state index contributed by atoms with van der Waals surface area (Å²) in [5.74, 6) is -0.829. The maximum absolute atomic E-state index is 10.5. The molecule has 1 rings (SSSR count). The van der Waals surface area contributed by atoms with E-state index in [1.54, 1.807) is 13.0 Å². The van der Waals surface area contributed by atoms with Crippen molar-refractivity contribution in [2.75, 3.05) is 6.61 Å². The van der Waals surface area contributed by atoms with E-state index < -0.39 is 5.97 Å². The SMILES string of the molecule is CCC1(CCC=C(C)C(=O)O)CCO1. The average molecular weight is 198 g/mol. The molecular weight excluding hydrogens is 180 g/mol. The van der Waals surface area contributed by atoms with Gasteiger partial charge in [0.15, 0.2) is 0 Å². The first-order valence-corrected chi connectivity index (χ1v) is 5.14. The Morgan fingerprint density at radius 3 is 2.64 bits per heavy atom. The second kappa shape index (κ2) is 4.60. The normalized spacial score (nSPS) is 27.1. The van der Waals surface area contributed by atoms with Crippen molar-refractivity contribution < 1.29 is 14.6 Å². The van der Waals surface area contributed by atoms with Crippen LogP contribution in [0, 0.1) is 0 Å². The Labute approximate surface area is 84.8 Å². The fourth-order valence-electron chi connectivity index (χ4n) is 1.68. The van der Waals surface area contributed by atoms with Crippen LogP contribution in [0.15, 0.2) is 11.6 Å². The van der Waals surface area contributed by atoms with Gasteiger partial charge in [-0.3, -0.25) is 0 Å². The lowest BCUT2D eigenvalue weighted by molar-refractivity contribution is -0.152. The maximum atomic E-state index is 10.5. The molecule has 0 aromatic heterocycles. The molecule has 3 heteroatoms. The van der Waals surface area contributed by atoms with E-state index in [9.17, 15) is 4.79 Å². The van der Waals surface area contributed by atoms with E-state index in [1.807, 2.05) is 0 Å². The van der Waals surface area contributed by atoms with Gasteiger partial charge in [0.05, 0.1) is 12.2 Å². The van der Waals surface area contributed by atoms with Gasteiger partial charge in [0.25, 0.3) is 0 Å². The highest BCUT2D eigenvalue weighted by atomic mass is 16.5. The third-order valence-corrected chi connectivity index (χ3v) is 3.00. The quantitative estimate of drug-likeness (QED) is 0.690. The Balaban J connectivity index is 2.33. The number of aliphatic carboxylic acids is 1. The second-order valence-corrected chi connectivity index (χ2v) is 3.87. The average Bonchev–Trinajstić information content (AvgIpc) is 2.09. The van der Waals surface area contributed by atoms with Crippen LogP contribution in [-0.2, 0) is 9.53 Å². The molecule has 1 unspecified atom stereocenters. The Hall–Kier alpha value is -0.830. The lowest BCUT2D eigenvalue weighted by Gasteiger charge is -2.41. The van der Waals surface area contributed by atoms with Gasteiger partial charge in [-0.25, -0.2) is 4.79 Å². The molecule has 0 radical (unpaired) electrons. The summed E-state index contributed by atoms with van der Waals surface area (Å²) in [5, 5.41) is 8.64. The Bertz CT molecular complexity index is 233. The predicted octanol–water partition coefficient (Wildman–Crippen LogP) is 2.37. The summed E-state index contributed by atoms with van der Waals surface area (Å²) in [7, 11) is 0. The number of carboxylic acid groups (broad SMARTS) is 1. The van der Waals surface area contributed by atoms with Crippen LogP contribution >= 0.6 is 0 Å². The van der Waals surface area contributed by atoms with Crippen LogP contribution in [0.3, 0.4) is 0 Å². The first-order valence-electron chi connectivity index (χ1n) is 5.14. The summed E-state index contributed by atoms with van der Waals surface area (Å²) >= 11 is 0. The van der Waals surface area contributed by atoms with Gasteiger partial charge in [0.1, 0.15) is 0 Å². The fraction of sp³-hybridized carbons (Fsp3) is 0.727. The predicted molar refractivity (Wildman–Crippen MR) is 54.2 cm³/mol. The highest BCUT2D eigenvalue weighted by molar-refractivity contribution is 5.85. The number of hydrogen-bond donors (Lipinski definition) is 1. The van der Waals surface area contributed by atoms with Gasteiger partial charge in [0, 0.05) is 5.57 Å². The van der Waals surface area contributed by atoms with Crippen LogP contribution in [-0.4, -0.2) is 23.3 Å². The molecule has 0 aliphatic carbocycles. The van der Waals surface area contributed by atoms with Gasteiger partial charge in [-0.05, 0) is 32.6 Å². The first kappa shape index (κ1) is 11.2. The molecule has 1 N–H and O–H groups in total. The molecule has 1 saturated heterocycles. The molecule has 3 nitrogen and oxygen atoms in total.